The van der Waals surface area contributed by atoms with E-state index in [1.54, 1.807) is 24.3 Å². The number of benzene rings is 2. The lowest BCUT2D eigenvalue weighted by atomic mass is 10.2. The molecule has 0 aliphatic heterocycles. The fraction of sp³-hybridized carbons (Fsp3) is 0.0667. The van der Waals surface area contributed by atoms with Crippen molar-refractivity contribution in [2.24, 2.45) is 0 Å². The van der Waals surface area contributed by atoms with Gasteiger partial charge >= 0.3 is 4.87 Å². The van der Waals surface area contributed by atoms with Crippen LogP contribution >= 0.6 is 11.3 Å². The second-order valence-corrected chi connectivity index (χ2v) is 7.75. The number of sulfone groups is 1. The van der Waals surface area contributed by atoms with Gasteiger partial charge in [0.25, 0.3) is 5.56 Å². The highest BCUT2D eigenvalue weighted by molar-refractivity contribution is 7.90. The minimum atomic E-state index is -3.56. The average molecular weight is 333 g/mol. The van der Waals surface area contributed by atoms with E-state index >= 15 is 0 Å². The maximum absolute atomic E-state index is 12.5. The predicted octanol–water partition coefficient (Wildman–Crippen LogP) is 1.92. The molecule has 0 aliphatic rings. The van der Waals surface area contributed by atoms with E-state index in [9.17, 15) is 18.0 Å². The summed E-state index contributed by atoms with van der Waals surface area (Å²) in [4.78, 5) is 24.8. The van der Waals surface area contributed by atoms with Crippen molar-refractivity contribution < 1.29 is 8.42 Å². The standard InChI is InChI=1S/C15H11NO4S2/c17-14-12-8-11(6-7-13(12)21-15(18)16-14)22(19,20)9-10-4-2-1-3-5-10/h1-8H,9H2,(H,16,17,18). The monoisotopic (exact) mass is 333 g/mol. The maximum atomic E-state index is 12.5. The van der Waals surface area contributed by atoms with Gasteiger partial charge in [-0.05, 0) is 23.8 Å². The van der Waals surface area contributed by atoms with E-state index in [4.69, 9.17) is 0 Å². The van der Waals surface area contributed by atoms with Crippen LogP contribution in [-0.4, -0.2) is 13.4 Å². The van der Waals surface area contributed by atoms with E-state index in [0.29, 0.717) is 10.3 Å². The molecule has 1 N–H and O–H groups in total. The third kappa shape index (κ3) is 2.86. The molecule has 1 aromatic heterocycles. The number of fused-ring (bicyclic) bond motifs is 1. The number of hydrogen-bond donors (Lipinski definition) is 1. The molecule has 3 aromatic rings. The highest BCUT2D eigenvalue weighted by Crippen LogP contribution is 2.21. The quantitative estimate of drug-likeness (QED) is 0.794. The first-order valence-corrected chi connectivity index (χ1v) is 8.86. The molecule has 2 aromatic carbocycles. The van der Waals surface area contributed by atoms with Crippen LogP contribution < -0.4 is 10.4 Å². The zero-order valence-electron chi connectivity index (χ0n) is 11.3. The van der Waals surface area contributed by atoms with Crippen molar-refractivity contribution in [3.63, 3.8) is 0 Å². The van der Waals surface area contributed by atoms with E-state index in [0.717, 1.165) is 11.3 Å². The van der Waals surface area contributed by atoms with Gasteiger partial charge in [-0.25, -0.2) is 8.42 Å². The molecule has 7 heteroatoms. The third-order valence-electron chi connectivity index (χ3n) is 3.17. The van der Waals surface area contributed by atoms with Gasteiger partial charge in [0, 0.05) is 4.70 Å². The number of rotatable bonds is 3. The Kier molecular flexibility index (Phi) is 3.67. The molecule has 0 amide bonds. The van der Waals surface area contributed by atoms with Crippen LogP contribution in [0.2, 0.25) is 0 Å². The van der Waals surface area contributed by atoms with Gasteiger partial charge in [-0.2, -0.15) is 0 Å². The third-order valence-corrected chi connectivity index (χ3v) is 5.72. The van der Waals surface area contributed by atoms with E-state index in [1.807, 2.05) is 6.07 Å². The Labute approximate surface area is 129 Å². The van der Waals surface area contributed by atoms with Gasteiger partial charge in [-0.1, -0.05) is 41.7 Å². The van der Waals surface area contributed by atoms with Crippen molar-refractivity contribution in [1.29, 1.82) is 0 Å². The van der Waals surface area contributed by atoms with E-state index in [1.165, 1.54) is 18.2 Å². The number of aromatic nitrogens is 1. The Bertz CT molecular complexity index is 1050. The summed E-state index contributed by atoms with van der Waals surface area (Å²) in [5, 5.41) is 0.207. The Morgan fingerprint density at radius 2 is 1.73 bits per heavy atom. The number of nitrogens with one attached hydrogen (secondary N) is 1. The van der Waals surface area contributed by atoms with Crippen LogP contribution in [0, 0.1) is 0 Å². The molecule has 0 aliphatic carbocycles. The SMILES string of the molecule is O=c1[nH]c(=O)c2cc(S(=O)(=O)Cc3ccccc3)ccc2s1. The number of aromatic amines is 1. The molecular formula is C15H11NO4S2. The molecule has 3 rings (SSSR count). The van der Waals surface area contributed by atoms with Crippen LogP contribution in [0.25, 0.3) is 10.1 Å². The summed E-state index contributed by atoms with van der Waals surface area (Å²) < 4.78 is 25.4. The number of hydrogen-bond acceptors (Lipinski definition) is 5. The normalized spacial score (nSPS) is 11.6. The maximum Gasteiger partial charge on any atom is 0.307 e. The predicted molar refractivity (Wildman–Crippen MR) is 86.0 cm³/mol. The molecule has 0 atom stereocenters. The summed E-state index contributed by atoms with van der Waals surface area (Å²) in [6.45, 7) is 0. The van der Waals surface area contributed by atoms with Gasteiger partial charge in [0.05, 0.1) is 16.0 Å². The molecule has 22 heavy (non-hydrogen) atoms. The fourth-order valence-corrected chi connectivity index (χ4v) is 4.24. The van der Waals surface area contributed by atoms with Crippen LogP contribution in [-0.2, 0) is 15.6 Å². The first-order chi connectivity index (χ1) is 10.5. The largest absolute Gasteiger partial charge is 0.307 e. The summed E-state index contributed by atoms with van der Waals surface area (Å²) in [6, 6.07) is 13.1. The number of H-pyrrole nitrogens is 1. The van der Waals surface area contributed by atoms with Crippen LogP contribution in [0.4, 0.5) is 0 Å². The lowest BCUT2D eigenvalue weighted by Gasteiger charge is -2.05. The van der Waals surface area contributed by atoms with Crippen molar-refractivity contribution in [2.75, 3.05) is 0 Å². The zero-order valence-corrected chi connectivity index (χ0v) is 12.9. The van der Waals surface area contributed by atoms with Crippen LogP contribution in [0.5, 0.6) is 0 Å². The molecule has 0 radical (unpaired) electrons. The van der Waals surface area contributed by atoms with E-state index in [2.05, 4.69) is 4.98 Å². The smallest absolute Gasteiger partial charge is 0.280 e. The van der Waals surface area contributed by atoms with Crippen molar-refractivity contribution in [2.45, 2.75) is 10.6 Å². The lowest BCUT2D eigenvalue weighted by Crippen LogP contribution is -2.16. The molecule has 0 fully saturated rings. The van der Waals surface area contributed by atoms with Crippen molar-refractivity contribution in [3.8, 4) is 0 Å². The van der Waals surface area contributed by atoms with Crippen molar-refractivity contribution in [1.82, 2.24) is 4.98 Å². The van der Waals surface area contributed by atoms with Gasteiger partial charge in [0.15, 0.2) is 9.84 Å². The van der Waals surface area contributed by atoms with Gasteiger partial charge in [0.1, 0.15) is 0 Å². The van der Waals surface area contributed by atoms with Gasteiger partial charge in [-0.15, -0.1) is 0 Å². The van der Waals surface area contributed by atoms with Gasteiger partial charge in [0.2, 0.25) is 0 Å². The molecule has 1 heterocycles. The Balaban J connectivity index is 2.10. The van der Waals surface area contributed by atoms with Crippen LogP contribution in [0.3, 0.4) is 0 Å². The van der Waals surface area contributed by atoms with Crippen LogP contribution in [0.15, 0.2) is 63.0 Å². The molecule has 5 nitrogen and oxygen atoms in total. The molecule has 0 spiro atoms. The Morgan fingerprint density at radius 3 is 2.45 bits per heavy atom. The molecule has 0 saturated heterocycles. The molecular weight excluding hydrogens is 322 g/mol. The first kappa shape index (κ1) is 14.7. The second kappa shape index (κ2) is 5.51. The fourth-order valence-electron chi connectivity index (χ4n) is 2.13. The average Bonchev–Trinajstić information content (AvgIpc) is 2.47. The lowest BCUT2D eigenvalue weighted by molar-refractivity contribution is 0.595. The first-order valence-electron chi connectivity index (χ1n) is 6.39. The van der Waals surface area contributed by atoms with Crippen LogP contribution in [0.1, 0.15) is 5.56 Å². The zero-order chi connectivity index (χ0) is 15.7. The topological polar surface area (TPSA) is 84.1 Å². The van der Waals surface area contributed by atoms with E-state index in [-0.39, 0.29) is 16.0 Å². The molecule has 0 bridgehead atoms. The Morgan fingerprint density at radius 1 is 1.00 bits per heavy atom. The minimum absolute atomic E-state index is 0.0696. The Hall–Kier alpha value is -2.25. The summed E-state index contributed by atoms with van der Waals surface area (Å²) in [7, 11) is -3.56. The molecule has 0 saturated carbocycles. The molecule has 0 unspecified atom stereocenters. The molecule has 112 valence electrons. The summed E-state index contributed by atoms with van der Waals surface area (Å²) in [5.41, 5.74) is 0.102. The van der Waals surface area contributed by atoms with Crippen molar-refractivity contribution in [3.05, 3.63) is 74.1 Å². The summed E-state index contributed by atoms with van der Waals surface area (Å²) >= 11 is 0.873. The van der Waals surface area contributed by atoms with Gasteiger partial charge in [-0.3, -0.25) is 14.6 Å². The summed E-state index contributed by atoms with van der Waals surface area (Å²) in [6.07, 6.45) is 0. The minimum Gasteiger partial charge on any atom is -0.280 e. The second-order valence-electron chi connectivity index (χ2n) is 4.75. The van der Waals surface area contributed by atoms with Gasteiger partial charge < -0.3 is 0 Å². The highest BCUT2D eigenvalue weighted by atomic mass is 32.2. The summed E-state index contributed by atoms with van der Waals surface area (Å²) in [5.74, 6) is -0.139. The highest BCUT2D eigenvalue weighted by Gasteiger charge is 2.16. The van der Waals surface area contributed by atoms with E-state index < -0.39 is 20.3 Å². The van der Waals surface area contributed by atoms with Crippen molar-refractivity contribution >= 4 is 31.3 Å².